The van der Waals surface area contributed by atoms with Crippen molar-refractivity contribution in [1.82, 2.24) is 4.90 Å². The van der Waals surface area contributed by atoms with E-state index in [0.717, 1.165) is 23.5 Å². The van der Waals surface area contributed by atoms with E-state index in [2.05, 4.69) is 11.0 Å². The highest BCUT2D eigenvalue weighted by molar-refractivity contribution is 5.45. The molecule has 1 aromatic carbocycles. The molecule has 1 aliphatic heterocycles. The largest absolute Gasteiger partial charge is 0.454 e. The van der Waals surface area contributed by atoms with Crippen molar-refractivity contribution in [2.24, 2.45) is 5.92 Å². The molecule has 4 heteroatoms. The summed E-state index contributed by atoms with van der Waals surface area (Å²) >= 11 is 0. The average Bonchev–Trinajstić information content (AvgIpc) is 2.82. The van der Waals surface area contributed by atoms with Crippen LogP contribution in [0.1, 0.15) is 24.9 Å². The van der Waals surface area contributed by atoms with E-state index in [-0.39, 0.29) is 18.8 Å². The van der Waals surface area contributed by atoms with Crippen molar-refractivity contribution in [2.75, 3.05) is 20.9 Å². The zero-order valence-electron chi connectivity index (χ0n) is 11.0. The van der Waals surface area contributed by atoms with Crippen molar-refractivity contribution in [2.45, 2.75) is 19.4 Å². The van der Waals surface area contributed by atoms with Crippen LogP contribution in [-0.2, 0) is 0 Å². The van der Waals surface area contributed by atoms with Crippen molar-refractivity contribution in [3.63, 3.8) is 0 Å². The summed E-state index contributed by atoms with van der Waals surface area (Å²) in [6, 6.07) is 8.37. The quantitative estimate of drug-likeness (QED) is 0.819. The molecule has 0 radical (unpaired) electrons. The van der Waals surface area contributed by atoms with Crippen LogP contribution in [0.2, 0.25) is 0 Å². The number of nitriles is 1. The van der Waals surface area contributed by atoms with Gasteiger partial charge in [-0.3, -0.25) is 0 Å². The fourth-order valence-electron chi connectivity index (χ4n) is 2.37. The molecule has 2 atom stereocenters. The van der Waals surface area contributed by atoms with Gasteiger partial charge in [0.25, 0.3) is 0 Å². The minimum absolute atomic E-state index is 0.0274. The smallest absolute Gasteiger partial charge is 0.231 e. The van der Waals surface area contributed by atoms with E-state index in [1.807, 2.05) is 39.2 Å². The minimum Gasteiger partial charge on any atom is -0.454 e. The van der Waals surface area contributed by atoms with Crippen LogP contribution in [0.5, 0.6) is 11.5 Å². The normalized spacial score (nSPS) is 16.4. The first-order chi connectivity index (χ1) is 8.67. The van der Waals surface area contributed by atoms with E-state index in [1.54, 1.807) is 0 Å². The number of benzene rings is 1. The molecule has 0 aromatic heterocycles. The molecule has 0 saturated carbocycles. The summed E-state index contributed by atoms with van der Waals surface area (Å²) in [6.45, 7) is 2.32. The van der Waals surface area contributed by atoms with Gasteiger partial charge in [0.05, 0.1) is 18.0 Å². The second-order valence-corrected chi connectivity index (χ2v) is 4.66. The molecule has 2 unspecified atom stereocenters. The molecule has 4 nitrogen and oxygen atoms in total. The fraction of sp³-hybridized carbons (Fsp3) is 0.500. The molecule has 0 spiro atoms. The van der Waals surface area contributed by atoms with Crippen LogP contribution in [0.4, 0.5) is 0 Å². The summed E-state index contributed by atoms with van der Waals surface area (Å²) in [5.74, 6) is 1.52. The molecule has 1 aromatic rings. The highest BCUT2D eigenvalue weighted by atomic mass is 16.7. The first-order valence-corrected chi connectivity index (χ1v) is 6.13. The van der Waals surface area contributed by atoms with Gasteiger partial charge in [0.2, 0.25) is 6.79 Å². The third-order valence-electron chi connectivity index (χ3n) is 3.28. The van der Waals surface area contributed by atoms with Gasteiger partial charge in [-0.25, -0.2) is 0 Å². The molecule has 18 heavy (non-hydrogen) atoms. The van der Waals surface area contributed by atoms with E-state index in [4.69, 9.17) is 9.47 Å². The molecule has 0 bridgehead atoms. The fourth-order valence-corrected chi connectivity index (χ4v) is 2.37. The van der Waals surface area contributed by atoms with Crippen molar-refractivity contribution in [3.8, 4) is 17.6 Å². The van der Waals surface area contributed by atoms with Crippen molar-refractivity contribution >= 4 is 0 Å². The Morgan fingerprint density at radius 2 is 2.06 bits per heavy atom. The summed E-state index contributed by atoms with van der Waals surface area (Å²) in [5, 5.41) is 9.27. The lowest BCUT2D eigenvalue weighted by molar-refractivity contribution is 0.173. The van der Waals surface area contributed by atoms with Crippen LogP contribution in [0.3, 0.4) is 0 Å². The zero-order chi connectivity index (χ0) is 13.1. The molecule has 0 aliphatic carbocycles. The maximum absolute atomic E-state index is 9.27. The number of fused-ring (bicyclic) bond motifs is 1. The maximum atomic E-state index is 9.27. The van der Waals surface area contributed by atoms with Crippen molar-refractivity contribution < 1.29 is 9.47 Å². The van der Waals surface area contributed by atoms with E-state index in [1.165, 1.54) is 0 Å². The predicted molar refractivity (Wildman–Crippen MR) is 68.4 cm³/mol. The highest BCUT2D eigenvalue weighted by Crippen LogP contribution is 2.37. The number of hydrogen-bond acceptors (Lipinski definition) is 4. The molecule has 0 amide bonds. The minimum atomic E-state index is -0.0274. The average molecular weight is 246 g/mol. The molecular weight excluding hydrogens is 228 g/mol. The van der Waals surface area contributed by atoms with Gasteiger partial charge in [0.15, 0.2) is 11.5 Å². The monoisotopic (exact) mass is 246 g/mol. The second kappa shape index (κ2) is 5.28. The van der Waals surface area contributed by atoms with Crippen molar-refractivity contribution in [3.05, 3.63) is 23.8 Å². The lowest BCUT2D eigenvalue weighted by Crippen LogP contribution is -2.26. The Labute approximate surface area is 108 Å². The highest BCUT2D eigenvalue weighted by Gasteiger charge is 2.25. The Bertz CT molecular complexity index is 465. The van der Waals surface area contributed by atoms with Gasteiger partial charge in [-0.15, -0.1) is 0 Å². The standard InChI is InChI=1S/C14H18N2O2/c1-4-10(8-15)14(16(2)3)11-5-6-12-13(7-11)18-9-17-12/h5-7,10,14H,4,9H2,1-3H3. The van der Waals surface area contributed by atoms with Crippen LogP contribution in [-0.4, -0.2) is 25.8 Å². The van der Waals surface area contributed by atoms with Crippen LogP contribution in [0.15, 0.2) is 18.2 Å². The third kappa shape index (κ3) is 2.27. The number of nitrogens with zero attached hydrogens (tertiary/aromatic N) is 2. The number of ether oxygens (including phenoxy) is 2. The molecule has 1 heterocycles. The van der Waals surface area contributed by atoms with E-state index >= 15 is 0 Å². The van der Waals surface area contributed by atoms with Gasteiger partial charge in [-0.1, -0.05) is 13.0 Å². The molecule has 96 valence electrons. The molecule has 0 N–H and O–H groups in total. The molecule has 1 aliphatic rings. The summed E-state index contributed by atoms with van der Waals surface area (Å²) in [4.78, 5) is 2.08. The first kappa shape index (κ1) is 12.7. The number of hydrogen-bond donors (Lipinski definition) is 0. The summed E-state index contributed by atoms with van der Waals surface area (Å²) in [6.07, 6.45) is 0.827. The number of rotatable bonds is 4. The van der Waals surface area contributed by atoms with Gasteiger partial charge < -0.3 is 14.4 Å². The van der Waals surface area contributed by atoms with Crippen molar-refractivity contribution in [1.29, 1.82) is 5.26 Å². The predicted octanol–water partition coefficient (Wildman–Crippen LogP) is 2.57. The van der Waals surface area contributed by atoms with Crippen LogP contribution in [0, 0.1) is 17.2 Å². The Morgan fingerprint density at radius 3 is 2.67 bits per heavy atom. The zero-order valence-corrected chi connectivity index (χ0v) is 11.0. The van der Waals surface area contributed by atoms with Gasteiger partial charge >= 0.3 is 0 Å². The van der Waals surface area contributed by atoms with Gasteiger partial charge in [0.1, 0.15) is 0 Å². The molecule has 0 saturated heterocycles. The van der Waals surface area contributed by atoms with E-state index in [0.29, 0.717) is 0 Å². The summed E-state index contributed by atoms with van der Waals surface area (Å²) in [5.41, 5.74) is 1.10. The van der Waals surface area contributed by atoms with E-state index < -0.39 is 0 Å². The van der Waals surface area contributed by atoms with Gasteiger partial charge in [0, 0.05) is 0 Å². The van der Waals surface area contributed by atoms with Crippen LogP contribution in [0.25, 0.3) is 0 Å². The van der Waals surface area contributed by atoms with Crippen LogP contribution < -0.4 is 9.47 Å². The topological polar surface area (TPSA) is 45.5 Å². The maximum Gasteiger partial charge on any atom is 0.231 e. The Morgan fingerprint density at radius 1 is 1.33 bits per heavy atom. The third-order valence-corrected chi connectivity index (χ3v) is 3.28. The molecular formula is C14H18N2O2. The Kier molecular flexibility index (Phi) is 3.73. The van der Waals surface area contributed by atoms with Crippen LogP contribution >= 0.6 is 0 Å². The molecule has 0 fully saturated rings. The molecule has 2 rings (SSSR count). The SMILES string of the molecule is CCC(C#N)C(c1ccc2c(c1)OCO2)N(C)C. The Balaban J connectivity index is 2.34. The van der Waals surface area contributed by atoms with Gasteiger partial charge in [-0.2, -0.15) is 5.26 Å². The lowest BCUT2D eigenvalue weighted by Gasteiger charge is -2.28. The summed E-state index contributed by atoms with van der Waals surface area (Å²) in [7, 11) is 3.99. The Hall–Kier alpha value is -1.73. The first-order valence-electron chi connectivity index (χ1n) is 6.13. The van der Waals surface area contributed by atoms with Gasteiger partial charge in [-0.05, 0) is 38.2 Å². The second-order valence-electron chi connectivity index (χ2n) is 4.66. The lowest BCUT2D eigenvalue weighted by atomic mass is 9.91. The summed E-state index contributed by atoms with van der Waals surface area (Å²) < 4.78 is 10.7. The van der Waals surface area contributed by atoms with E-state index in [9.17, 15) is 5.26 Å².